The summed E-state index contributed by atoms with van der Waals surface area (Å²) in [6.45, 7) is 0. The van der Waals surface area contributed by atoms with Crippen molar-refractivity contribution in [1.29, 1.82) is 0 Å². The monoisotopic (exact) mass is 388 g/mol. The van der Waals surface area contributed by atoms with Crippen LogP contribution in [0.15, 0.2) is 52.0 Å². The molecule has 24 heavy (non-hydrogen) atoms. The summed E-state index contributed by atoms with van der Waals surface area (Å²) in [6.07, 6.45) is 1.44. The van der Waals surface area contributed by atoms with Gasteiger partial charge < -0.3 is 15.2 Å². The van der Waals surface area contributed by atoms with Crippen LogP contribution in [0.25, 0.3) is 0 Å². The van der Waals surface area contributed by atoms with Crippen molar-refractivity contribution >= 4 is 33.8 Å². The van der Waals surface area contributed by atoms with Crippen molar-refractivity contribution < 1.29 is 9.84 Å². The van der Waals surface area contributed by atoms with Crippen LogP contribution in [0.4, 0.5) is 11.6 Å². The Morgan fingerprint density at radius 3 is 2.83 bits per heavy atom. The zero-order chi connectivity index (χ0) is 16.9. The van der Waals surface area contributed by atoms with Gasteiger partial charge in [0.15, 0.2) is 11.5 Å². The van der Waals surface area contributed by atoms with Crippen molar-refractivity contribution in [3.05, 3.63) is 52.5 Å². The number of methoxy groups -OCH3 is 1. The van der Waals surface area contributed by atoms with Gasteiger partial charge in [0.05, 0.1) is 13.3 Å². The number of rotatable bonds is 5. The van der Waals surface area contributed by atoms with E-state index in [-0.39, 0.29) is 5.75 Å². The molecule has 2 aromatic carbocycles. The third-order valence-corrected chi connectivity index (χ3v) is 3.54. The molecule has 0 saturated carbocycles. The Balaban J connectivity index is 1.86. The van der Waals surface area contributed by atoms with Gasteiger partial charge in [-0.25, -0.2) is 0 Å². The molecule has 0 spiro atoms. The second-order valence-corrected chi connectivity index (χ2v) is 5.59. The number of anilines is 2. The minimum absolute atomic E-state index is 0.0184. The predicted molar refractivity (Wildman–Crippen MR) is 92.9 cm³/mol. The Kier molecular flexibility index (Phi) is 4.71. The summed E-state index contributed by atoms with van der Waals surface area (Å²) in [6, 6.07) is 12.8. The van der Waals surface area contributed by atoms with Crippen LogP contribution >= 0.6 is 15.9 Å². The van der Waals surface area contributed by atoms with Gasteiger partial charge in [0.2, 0.25) is 0 Å². The number of hydrogen-bond donors (Lipinski definition) is 2. The van der Waals surface area contributed by atoms with Gasteiger partial charge in [-0.1, -0.05) is 44.0 Å². The molecule has 1 aromatic heterocycles. The summed E-state index contributed by atoms with van der Waals surface area (Å²) >= 11 is 3.35. The Hall–Kier alpha value is -2.94. The molecule has 1 heterocycles. The minimum Gasteiger partial charge on any atom is -0.504 e. The molecule has 0 aliphatic heterocycles. The molecule has 0 amide bonds. The van der Waals surface area contributed by atoms with Crippen LogP contribution < -0.4 is 10.1 Å². The van der Waals surface area contributed by atoms with Gasteiger partial charge in [0.1, 0.15) is 0 Å². The number of aromatic nitrogens is 4. The summed E-state index contributed by atoms with van der Waals surface area (Å²) in [4.78, 5) is 1.22. The molecule has 8 nitrogen and oxygen atoms in total. The quantitative estimate of drug-likeness (QED) is 0.652. The number of hydrogen-bond acceptors (Lipinski definition) is 7. The molecule has 122 valence electrons. The van der Waals surface area contributed by atoms with Crippen molar-refractivity contribution in [2.75, 3.05) is 12.4 Å². The van der Waals surface area contributed by atoms with E-state index in [0.717, 1.165) is 10.2 Å². The number of phenols is 1. The standard InChI is InChI=1S/C15H13BrN6O2/c1-24-13-8-11(16)7-10(14(13)23)9-17-22-15(19-20-21-22)18-12-5-3-2-4-6-12/h2-9,23H,1H3,(H,18,19,21). The summed E-state index contributed by atoms with van der Waals surface area (Å²) in [5.74, 6) is 0.666. The van der Waals surface area contributed by atoms with E-state index < -0.39 is 0 Å². The summed E-state index contributed by atoms with van der Waals surface area (Å²) < 4.78 is 5.85. The van der Waals surface area contributed by atoms with Gasteiger partial charge in [-0.15, -0.1) is 0 Å². The van der Waals surface area contributed by atoms with E-state index in [1.54, 1.807) is 12.1 Å². The molecule has 0 aliphatic rings. The highest BCUT2D eigenvalue weighted by atomic mass is 79.9. The summed E-state index contributed by atoms with van der Waals surface area (Å²) in [5, 5.41) is 28.6. The molecule has 3 rings (SSSR count). The lowest BCUT2D eigenvalue weighted by atomic mass is 10.2. The number of nitrogens with zero attached hydrogens (tertiary/aromatic N) is 5. The molecule has 0 fully saturated rings. The van der Waals surface area contributed by atoms with Gasteiger partial charge >= 0.3 is 0 Å². The van der Waals surface area contributed by atoms with Crippen LogP contribution in [0.3, 0.4) is 0 Å². The molecule has 0 unspecified atom stereocenters. The maximum Gasteiger partial charge on any atom is 0.269 e. The first-order valence-electron chi connectivity index (χ1n) is 6.88. The molecular formula is C15H13BrN6O2. The lowest BCUT2D eigenvalue weighted by Crippen LogP contribution is -2.01. The number of phenolic OH excluding ortho intramolecular Hbond substituents is 1. The molecule has 0 bridgehead atoms. The van der Waals surface area contributed by atoms with E-state index in [2.05, 4.69) is 41.9 Å². The number of para-hydroxylation sites is 1. The summed E-state index contributed by atoms with van der Waals surface area (Å²) in [5.41, 5.74) is 1.29. The van der Waals surface area contributed by atoms with E-state index in [1.807, 2.05) is 30.3 Å². The van der Waals surface area contributed by atoms with E-state index in [4.69, 9.17) is 4.74 Å². The normalized spacial score (nSPS) is 10.9. The lowest BCUT2D eigenvalue weighted by molar-refractivity contribution is 0.373. The highest BCUT2D eigenvalue weighted by Gasteiger charge is 2.09. The lowest BCUT2D eigenvalue weighted by Gasteiger charge is -2.07. The van der Waals surface area contributed by atoms with Crippen LogP contribution in [-0.4, -0.2) is 38.7 Å². The fourth-order valence-corrected chi connectivity index (χ4v) is 2.41. The Morgan fingerprint density at radius 1 is 1.29 bits per heavy atom. The number of benzene rings is 2. The Morgan fingerprint density at radius 2 is 2.08 bits per heavy atom. The van der Waals surface area contributed by atoms with Crippen molar-refractivity contribution in [3.63, 3.8) is 0 Å². The third-order valence-electron chi connectivity index (χ3n) is 3.08. The number of ether oxygens (including phenoxy) is 1. The van der Waals surface area contributed by atoms with Crippen molar-refractivity contribution in [3.8, 4) is 11.5 Å². The highest BCUT2D eigenvalue weighted by Crippen LogP contribution is 2.32. The van der Waals surface area contributed by atoms with Crippen LogP contribution in [0.5, 0.6) is 11.5 Å². The van der Waals surface area contributed by atoms with Gasteiger partial charge in [0, 0.05) is 15.7 Å². The zero-order valence-corrected chi connectivity index (χ0v) is 14.2. The second kappa shape index (κ2) is 7.09. The smallest absolute Gasteiger partial charge is 0.269 e. The van der Waals surface area contributed by atoms with Crippen LogP contribution in [-0.2, 0) is 0 Å². The zero-order valence-electron chi connectivity index (χ0n) is 12.6. The van der Waals surface area contributed by atoms with E-state index in [1.165, 1.54) is 18.1 Å². The van der Waals surface area contributed by atoms with Gasteiger partial charge in [-0.3, -0.25) is 0 Å². The maximum absolute atomic E-state index is 10.1. The largest absolute Gasteiger partial charge is 0.504 e. The average Bonchev–Trinajstić information content (AvgIpc) is 3.03. The third kappa shape index (κ3) is 3.51. The molecule has 9 heteroatoms. The number of nitrogens with one attached hydrogen (secondary N) is 1. The maximum atomic E-state index is 10.1. The number of halogens is 1. The van der Waals surface area contributed by atoms with Gasteiger partial charge in [-0.05, 0) is 34.7 Å². The first-order valence-corrected chi connectivity index (χ1v) is 7.68. The Bertz CT molecular complexity index is 866. The van der Waals surface area contributed by atoms with Gasteiger partial charge in [-0.2, -0.15) is 5.10 Å². The summed E-state index contributed by atoms with van der Waals surface area (Å²) in [7, 11) is 1.48. The fraction of sp³-hybridized carbons (Fsp3) is 0.0667. The van der Waals surface area contributed by atoms with Crippen molar-refractivity contribution in [1.82, 2.24) is 20.3 Å². The molecule has 3 aromatic rings. The van der Waals surface area contributed by atoms with E-state index in [9.17, 15) is 5.11 Å². The molecule has 0 aliphatic carbocycles. The van der Waals surface area contributed by atoms with Gasteiger partial charge in [0.25, 0.3) is 5.95 Å². The molecule has 0 atom stereocenters. The molecule has 2 N–H and O–H groups in total. The average molecular weight is 389 g/mol. The van der Waals surface area contributed by atoms with Crippen molar-refractivity contribution in [2.45, 2.75) is 0 Å². The first kappa shape index (κ1) is 15.9. The van der Waals surface area contributed by atoms with Crippen molar-refractivity contribution in [2.24, 2.45) is 5.10 Å². The minimum atomic E-state index is -0.0184. The fourth-order valence-electron chi connectivity index (χ4n) is 1.95. The number of aromatic hydroxyl groups is 1. The second-order valence-electron chi connectivity index (χ2n) is 4.67. The Labute approximate surface area is 145 Å². The highest BCUT2D eigenvalue weighted by molar-refractivity contribution is 9.10. The van der Waals surface area contributed by atoms with E-state index >= 15 is 0 Å². The first-order chi connectivity index (χ1) is 11.7. The molecule has 0 radical (unpaired) electrons. The van der Waals surface area contributed by atoms with Crippen LogP contribution in [0.2, 0.25) is 0 Å². The van der Waals surface area contributed by atoms with Crippen LogP contribution in [0.1, 0.15) is 5.56 Å². The number of tetrazole rings is 1. The van der Waals surface area contributed by atoms with Crippen LogP contribution in [0, 0.1) is 0 Å². The van der Waals surface area contributed by atoms with E-state index in [0.29, 0.717) is 17.3 Å². The molecular weight excluding hydrogens is 376 g/mol. The SMILES string of the molecule is COc1cc(Br)cc(C=Nn2nnnc2Nc2ccccc2)c1O. The predicted octanol–water partition coefficient (Wildman–Crippen LogP) is 2.78. The molecule has 0 saturated heterocycles. The topological polar surface area (TPSA) is 97.5 Å².